The number of rotatable bonds is 5. The van der Waals surface area contributed by atoms with Gasteiger partial charge in [0.15, 0.2) is 0 Å². The van der Waals surface area contributed by atoms with Crippen molar-refractivity contribution in [2.24, 2.45) is 23.3 Å². The second-order valence-electron chi connectivity index (χ2n) is 6.95. The van der Waals surface area contributed by atoms with Gasteiger partial charge >= 0.3 is 11.9 Å². The monoisotopic (exact) mass is 328 g/mol. The van der Waals surface area contributed by atoms with Crippen LogP contribution in [0.3, 0.4) is 0 Å². The van der Waals surface area contributed by atoms with Gasteiger partial charge in [-0.25, -0.2) is 0 Å². The van der Waals surface area contributed by atoms with Gasteiger partial charge in [-0.1, -0.05) is 51.4 Å². The first-order chi connectivity index (χ1) is 10.9. The Hall–Kier alpha value is -1.14. The fraction of sp³-hybridized carbons (Fsp3) is 0.882. The van der Waals surface area contributed by atoms with Crippen molar-refractivity contribution in [1.29, 1.82) is 0 Å². The van der Waals surface area contributed by atoms with Crippen molar-refractivity contribution >= 4 is 11.9 Å². The first kappa shape index (κ1) is 19.9. The molecule has 2 saturated carbocycles. The molecule has 0 aromatic carbocycles. The third-order valence-corrected chi connectivity index (χ3v) is 5.07. The molecule has 0 saturated heterocycles. The van der Waals surface area contributed by atoms with E-state index in [1.54, 1.807) is 0 Å². The summed E-state index contributed by atoms with van der Waals surface area (Å²) in [7, 11) is 0. The summed E-state index contributed by atoms with van der Waals surface area (Å²) in [5, 5.41) is 17.2. The van der Waals surface area contributed by atoms with E-state index < -0.39 is 24.0 Å². The summed E-state index contributed by atoms with van der Waals surface area (Å²) in [6, 6.07) is -1.27. The first-order valence-electron chi connectivity index (χ1n) is 8.88. The zero-order chi connectivity index (χ0) is 17.2. The highest BCUT2D eigenvalue weighted by Crippen LogP contribution is 2.27. The quantitative estimate of drug-likeness (QED) is 0.613. The van der Waals surface area contributed by atoms with Crippen LogP contribution in [0.4, 0.5) is 0 Å². The molecular weight excluding hydrogens is 296 g/mol. The van der Waals surface area contributed by atoms with Gasteiger partial charge in [0.1, 0.15) is 12.1 Å². The summed E-state index contributed by atoms with van der Waals surface area (Å²) >= 11 is 0. The van der Waals surface area contributed by atoms with Crippen LogP contribution in [-0.4, -0.2) is 34.2 Å². The molecular formula is C17H32N2O4. The fourth-order valence-corrected chi connectivity index (χ4v) is 3.58. The van der Waals surface area contributed by atoms with Gasteiger partial charge in [-0.05, 0) is 31.1 Å². The van der Waals surface area contributed by atoms with Crippen molar-refractivity contribution < 1.29 is 19.8 Å². The Bertz CT molecular complexity index is 364. The molecule has 2 atom stereocenters. The number of carboxylic acid groups (broad SMARTS) is 2. The van der Waals surface area contributed by atoms with E-state index in [9.17, 15) is 9.59 Å². The van der Waals surface area contributed by atoms with Crippen molar-refractivity contribution in [1.82, 2.24) is 0 Å². The maximum Gasteiger partial charge on any atom is 0.320 e. The third kappa shape index (κ3) is 7.79. The van der Waals surface area contributed by atoms with Crippen LogP contribution in [0.15, 0.2) is 0 Å². The Balaban J connectivity index is 0.000000231. The molecule has 0 heterocycles. The van der Waals surface area contributed by atoms with E-state index in [-0.39, 0.29) is 5.92 Å². The molecule has 6 heteroatoms. The van der Waals surface area contributed by atoms with E-state index in [2.05, 4.69) is 0 Å². The minimum absolute atomic E-state index is 0.223. The van der Waals surface area contributed by atoms with Crippen LogP contribution in [0.5, 0.6) is 0 Å². The van der Waals surface area contributed by atoms with Crippen LogP contribution in [0.25, 0.3) is 0 Å². The highest BCUT2D eigenvalue weighted by molar-refractivity contribution is 5.73. The van der Waals surface area contributed by atoms with Gasteiger partial charge < -0.3 is 21.7 Å². The predicted molar refractivity (Wildman–Crippen MR) is 89.0 cm³/mol. The zero-order valence-electron chi connectivity index (χ0n) is 14.0. The standard InChI is InChI=1S/C9H17NO2.C8H15NO2/c10-8(9(11)12)6-7-4-2-1-3-5-7;9-7(8(10)11)6-4-2-1-3-5-6/h7-8H,1-6,10H2,(H,11,12);6-7H,1-5,9H2,(H,10,11)/t8-;7-/m00/s1. The average molecular weight is 328 g/mol. The average Bonchev–Trinajstić information content (AvgIpc) is 2.56. The van der Waals surface area contributed by atoms with Gasteiger partial charge in [-0.3, -0.25) is 9.59 Å². The van der Waals surface area contributed by atoms with Crippen LogP contribution in [0.1, 0.15) is 70.6 Å². The lowest BCUT2D eigenvalue weighted by Gasteiger charge is -2.24. The lowest BCUT2D eigenvalue weighted by molar-refractivity contribution is -0.140. The zero-order valence-corrected chi connectivity index (χ0v) is 14.0. The van der Waals surface area contributed by atoms with E-state index in [0.29, 0.717) is 12.3 Å². The maximum atomic E-state index is 10.5. The molecule has 2 rings (SSSR count). The van der Waals surface area contributed by atoms with Gasteiger partial charge in [0, 0.05) is 0 Å². The van der Waals surface area contributed by atoms with Crippen molar-refractivity contribution in [3.8, 4) is 0 Å². The molecule has 134 valence electrons. The molecule has 6 N–H and O–H groups in total. The number of hydrogen-bond acceptors (Lipinski definition) is 4. The maximum absolute atomic E-state index is 10.5. The first-order valence-corrected chi connectivity index (χ1v) is 8.88. The lowest BCUT2D eigenvalue weighted by Crippen LogP contribution is -2.38. The summed E-state index contributed by atoms with van der Waals surface area (Å²) in [5.74, 6) is -0.927. The molecule has 6 nitrogen and oxygen atoms in total. The van der Waals surface area contributed by atoms with E-state index in [0.717, 1.165) is 25.7 Å². The van der Waals surface area contributed by atoms with Crippen molar-refractivity contribution in [2.45, 2.75) is 82.7 Å². The Morgan fingerprint density at radius 2 is 1.30 bits per heavy atom. The molecule has 0 radical (unpaired) electrons. The molecule has 2 aliphatic rings. The number of carbonyl (C=O) groups is 2. The summed E-state index contributed by atoms with van der Waals surface area (Å²) in [6.07, 6.45) is 12.3. The topological polar surface area (TPSA) is 127 Å². The van der Waals surface area contributed by atoms with E-state index >= 15 is 0 Å². The molecule has 0 aromatic heterocycles. The number of nitrogens with two attached hydrogens (primary N) is 2. The highest BCUT2D eigenvalue weighted by Gasteiger charge is 2.25. The van der Waals surface area contributed by atoms with Crippen LogP contribution >= 0.6 is 0 Å². The van der Waals surface area contributed by atoms with Gasteiger partial charge in [0.2, 0.25) is 0 Å². The van der Waals surface area contributed by atoms with Gasteiger partial charge in [0.25, 0.3) is 0 Å². The minimum Gasteiger partial charge on any atom is -0.480 e. The molecule has 0 aromatic rings. The Labute approximate surface area is 138 Å². The SMILES string of the molecule is N[C@@H](CC1CCCCC1)C(=O)O.N[C@H](C(=O)O)C1CCCCC1. The molecule has 0 amide bonds. The summed E-state index contributed by atoms with van der Waals surface area (Å²) in [5.41, 5.74) is 10.9. The third-order valence-electron chi connectivity index (χ3n) is 5.07. The highest BCUT2D eigenvalue weighted by atomic mass is 16.4. The molecule has 0 spiro atoms. The second-order valence-corrected chi connectivity index (χ2v) is 6.95. The number of aliphatic carboxylic acids is 2. The number of carboxylic acids is 2. The smallest absolute Gasteiger partial charge is 0.320 e. The Morgan fingerprint density at radius 1 is 0.826 bits per heavy atom. The number of hydrogen-bond donors (Lipinski definition) is 4. The molecule has 0 bridgehead atoms. The molecule has 23 heavy (non-hydrogen) atoms. The van der Waals surface area contributed by atoms with Crippen LogP contribution in [0.2, 0.25) is 0 Å². The van der Waals surface area contributed by atoms with E-state index in [1.807, 2.05) is 0 Å². The molecule has 2 aliphatic carbocycles. The normalized spacial score (nSPS) is 22.5. The molecule has 2 fully saturated rings. The van der Waals surface area contributed by atoms with Crippen molar-refractivity contribution in [3.05, 3.63) is 0 Å². The summed E-state index contributed by atoms with van der Waals surface area (Å²) in [6.45, 7) is 0. The largest absolute Gasteiger partial charge is 0.480 e. The van der Waals surface area contributed by atoms with Gasteiger partial charge in [-0.2, -0.15) is 0 Å². The van der Waals surface area contributed by atoms with Crippen molar-refractivity contribution in [3.63, 3.8) is 0 Å². The minimum atomic E-state index is -0.861. The lowest BCUT2D eigenvalue weighted by atomic mass is 9.84. The van der Waals surface area contributed by atoms with Gasteiger partial charge in [0.05, 0.1) is 0 Å². The summed E-state index contributed by atoms with van der Waals surface area (Å²) in [4.78, 5) is 20.9. The van der Waals surface area contributed by atoms with Crippen LogP contribution in [-0.2, 0) is 9.59 Å². The Kier molecular flexibility index (Phi) is 9.17. The Morgan fingerprint density at radius 3 is 1.74 bits per heavy atom. The molecule has 0 aliphatic heterocycles. The van der Waals surface area contributed by atoms with Crippen LogP contribution in [0, 0.1) is 11.8 Å². The van der Waals surface area contributed by atoms with E-state index in [1.165, 1.54) is 38.5 Å². The second kappa shape index (κ2) is 10.6. The summed E-state index contributed by atoms with van der Waals surface area (Å²) < 4.78 is 0. The predicted octanol–water partition coefficient (Wildman–Crippen LogP) is 2.35. The van der Waals surface area contributed by atoms with Gasteiger partial charge in [-0.15, -0.1) is 0 Å². The van der Waals surface area contributed by atoms with Crippen molar-refractivity contribution in [2.75, 3.05) is 0 Å². The van der Waals surface area contributed by atoms with Crippen LogP contribution < -0.4 is 11.5 Å². The molecule has 0 unspecified atom stereocenters. The van der Waals surface area contributed by atoms with E-state index in [4.69, 9.17) is 21.7 Å². The fourth-order valence-electron chi connectivity index (χ4n) is 3.58.